The molecule has 2 rings (SSSR count). The van der Waals surface area contributed by atoms with E-state index in [9.17, 15) is 4.79 Å². The van der Waals surface area contributed by atoms with E-state index in [-0.39, 0.29) is 11.9 Å². The van der Waals surface area contributed by atoms with Gasteiger partial charge in [0.1, 0.15) is 5.69 Å². The molecule has 1 heterocycles. The molecule has 1 amide bonds. The van der Waals surface area contributed by atoms with Crippen LogP contribution < -0.4 is 10.6 Å². The van der Waals surface area contributed by atoms with Crippen LogP contribution in [0.25, 0.3) is 0 Å². The Labute approximate surface area is 127 Å². The fourth-order valence-electron chi connectivity index (χ4n) is 2.50. The van der Waals surface area contributed by atoms with Gasteiger partial charge in [-0.15, -0.1) is 0 Å². The average molecular weight is 287 g/mol. The highest BCUT2D eigenvalue weighted by Gasteiger charge is 2.09. The summed E-state index contributed by atoms with van der Waals surface area (Å²) in [6, 6.07) is 3.84. The molecule has 0 unspecified atom stereocenters. The SMILES string of the molecule is CC(C)NC(=O)c1cc(NCCC2=CCCCC2)ccn1. The van der Waals surface area contributed by atoms with Crippen LogP contribution in [0.2, 0.25) is 0 Å². The number of allylic oxidation sites excluding steroid dienone is 1. The van der Waals surface area contributed by atoms with Crippen LogP contribution in [0.5, 0.6) is 0 Å². The van der Waals surface area contributed by atoms with Gasteiger partial charge in [-0.2, -0.15) is 0 Å². The third-order valence-electron chi connectivity index (χ3n) is 3.57. The molecule has 4 heteroatoms. The number of anilines is 1. The zero-order valence-electron chi connectivity index (χ0n) is 13.0. The van der Waals surface area contributed by atoms with Crippen LogP contribution in [0.15, 0.2) is 30.0 Å². The zero-order valence-corrected chi connectivity index (χ0v) is 13.0. The van der Waals surface area contributed by atoms with Gasteiger partial charge < -0.3 is 10.6 Å². The molecule has 0 aromatic carbocycles. The number of carbonyl (C=O) groups is 1. The molecule has 0 spiro atoms. The quantitative estimate of drug-likeness (QED) is 0.787. The molecule has 1 aliphatic rings. The van der Waals surface area contributed by atoms with E-state index in [1.165, 1.54) is 25.7 Å². The number of nitrogens with zero attached hydrogens (tertiary/aromatic N) is 1. The van der Waals surface area contributed by atoms with E-state index in [1.54, 1.807) is 11.8 Å². The molecule has 1 aromatic rings. The Morgan fingerprint density at radius 3 is 2.95 bits per heavy atom. The Kier molecular flexibility index (Phi) is 5.78. The van der Waals surface area contributed by atoms with Crippen LogP contribution in [0, 0.1) is 0 Å². The lowest BCUT2D eigenvalue weighted by molar-refractivity contribution is 0.0938. The maximum atomic E-state index is 11.9. The predicted octanol–water partition coefficient (Wildman–Crippen LogP) is 3.52. The van der Waals surface area contributed by atoms with E-state index in [0.29, 0.717) is 5.69 Å². The Morgan fingerprint density at radius 1 is 1.38 bits per heavy atom. The van der Waals surface area contributed by atoms with Gasteiger partial charge in [0.05, 0.1) is 0 Å². The highest BCUT2D eigenvalue weighted by molar-refractivity contribution is 5.93. The van der Waals surface area contributed by atoms with Crippen molar-refractivity contribution in [2.45, 2.75) is 52.0 Å². The van der Waals surface area contributed by atoms with Crippen LogP contribution >= 0.6 is 0 Å². The third kappa shape index (κ3) is 5.21. The first-order valence-electron chi connectivity index (χ1n) is 7.84. The molecule has 4 nitrogen and oxygen atoms in total. The van der Waals surface area contributed by atoms with Gasteiger partial charge >= 0.3 is 0 Å². The van der Waals surface area contributed by atoms with Crippen LogP contribution in [0.4, 0.5) is 5.69 Å². The number of hydrogen-bond donors (Lipinski definition) is 2. The lowest BCUT2D eigenvalue weighted by atomic mass is 9.97. The number of aromatic nitrogens is 1. The number of carbonyl (C=O) groups excluding carboxylic acids is 1. The molecule has 1 aliphatic carbocycles. The Balaban J connectivity index is 1.86. The highest BCUT2D eigenvalue weighted by atomic mass is 16.1. The predicted molar refractivity (Wildman–Crippen MR) is 86.5 cm³/mol. The fraction of sp³-hybridized carbons (Fsp3) is 0.529. The minimum Gasteiger partial charge on any atom is -0.385 e. The second-order valence-corrected chi connectivity index (χ2v) is 5.84. The van der Waals surface area contributed by atoms with Crippen molar-refractivity contribution in [1.82, 2.24) is 10.3 Å². The molecule has 0 atom stereocenters. The van der Waals surface area contributed by atoms with Crippen molar-refractivity contribution in [1.29, 1.82) is 0 Å². The summed E-state index contributed by atoms with van der Waals surface area (Å²) in [7, 11) is 0. The van der Waals surface area contributed by atoms with Gasteiger partial charge in [-0.25, -0.2) is 0 Å². The zero-order chi connectivity index (χ0) is 15.1. The number of amides is 1. The minimum atomic E-state index is -0.122. The first-order chi connectivity index (χ1) is 10.1. The number of hydrogen-bond acceptors (Lipinski definition) is 3. The fourth-order valence-corrected chi connectivity index (χ4v) is 2.50. The van der Waals surface area contributed by atoms with Crippen LogP contribution in [-0.2, 0) is 0 Å². The van der Waals surface area contributed by atoms with Crippen molar-refractivity contribution in [3.05, 3.63) is 35.7 Å². The van der Waals surface area contributed by atoms with Crippen LogP contribution in [0.1, 0.15) is 56.4 Å². The molecule has 114 valence electrons. The van der Waals surface area contributed by atoms with E-state index in [0.717, 1.165) is 18.7 Å². The van der Waals surface area contributed by atoms with E-state index in [2.05, 4.69) is 21.7 Å². The lowest BCUT2D eigenvalue weighted by Crippen LogP contribution is -2.30. The standard InChI is InChI=1S/C17H25N3O/c1-13(2)20-17(21)16-12-15(9-11-19-16)18-10-8-14-6-4-3-5-7-14/h6,9,11-13H,3-5,7-8,10H2,1-2H3,(H,18,19)(H,20,21). The second-order valence-electron chi connectivity index (χ2n) is 5.84. The van der Waals surface area contributed by atoms with E-state index in [4.69, 9.17) is 0 Å². The average Bonchev–Trinajstić information content (AvgIpc) is 2.48. The molecular formula is C17H25N3O. The van der Waals surface area contributed by atoms with Crippen molar-refractivity contribution < 1.29 is 4.79 Å². The Morgan fingerprint density at radius 2 is 2.24 bits per heavy atom. The molecule has 1 aromatic heterocycles. The van der Waals surface area contributed by atoms with Crippen molar-refractivity contribution in [3.8, 4) is 0 Å². The van der Waals surface area contributed by atoms with Gasteiger partial charge in [0.25, 0.3) is 5.91 Å². The molecule has 0 fully saturated rings. The molecule has 2 N–H and O–H groups in total. The molecule has 0 radical (unpaired) electrons. The van der Waals surface area contributed by atoms with Crippen molar-refractivity contribution in [2.24, 2.45) is 0 Å². The minimum absolute atomic E-state index is 0.120. The van der Waals surface area contributed by atoms with Crippen molar-refractivity contribution >= 4 is 11.6 Å². The van der Waals surface area contributed by atoms with Gasteiger partial charge in [0, 0.05) is 24.5 Å². The van der Waals surface area contributed by atoms with Crippen molar-refractivity contribution in [3.63, 3.8) is 0 Å². The molecule has 0 aliphatic heterocycles. The van der Waals surface area contributed by atoms with E-state index < -0.39 is 0 Å². The summed E-state index contributed by atoms with van der Waals surface area (Å²) in [6.45, 7) is 4.79. The van der Waals surface area contributed by atoms with Crippen LogP contribution in [0.3, 0.4) is 0 Å². The van der Waals surface area contributed by atoms with Gasteiger partial charge in [0.15, 0.2) is 0 Å². The maximum Gasteiger partial charge on any atom is 0.270 e. The molecular weight excluding hydrogens is 262 g/mol. The summed E-state index contributed by atoms with van der Waals surface area (Å²) in [5, 5.41) is 6.24. The van der Waals surface area contributed by atoms with Crippen LogP contribution in [-0.4, -0.2) is 23.5 Å². The number of nitrogens with one attached hydrogen (secondary N) is 2. The molecule has 0 bridgehead atoms. The summed E-state index contributed by atoms with van der Waals surface area (Å²) in [5.74, 6) is -0.122. The smallest absolute Gasteiger partial charge is 0.270 e. The van der Waals surface area contributed by atoms with E-state index >= 15 is 0 Å². The highest BCUT2D eigenvalue weighted by Crippen LogP contribution is 2.20. The summed E-state index contributed by atoms with van der Waals surface area (Å²) < 4.78 is 0. The lowest BCUT2D eigenvalue weighted by Gasteiger charge is -2.14. The molecule has 0 saturated carbocycles. The monoisotopic (exact) mass is 287 g/mol. The van der Waals surface area contributed by atoms with Gasteiger partial charge in [0.2, 0.25) is 0 Å². The van der Waals surface area contributed by atoms with Gasteiger partial charge in [-0.3, -0.25) is 9.78 Å². The summed E-state index contributed by atoms with van der Waals surface area (Å²) in [4.78, 5) is 16.0. The third-order valence-corrected chi connectivity index (χ3v) is 3.57. The summed E-state index contributed by atoms with van der Waals surface area (Å²) in [6.07, 6.45) is 10.2. The van der Waals surface area contributed by atoms with Gasteiger partial charge in [-0.05, 0) is 58.1 Å². The molecule has 0 saturated heterocycles. The van der Waals surface area contributed by atoms with E-state index in [1.807, 2.05) is 26.0 Å². The summed E-state index contributed by atoms with van der Waals surface area (Å²) in [5.41, 5.74) is 2.97. The topological polar surface area (TPSA) is 54.0 Å². The maximum absolute atomic E-state index is 11.9. The van der Waals surface area contributed by atoms with Crippen molar-refractivity contribution in [2.75, 3.05) is 11.9 Å². The first kappa shape index (κ1) is 15.5. The number of pyridine rings is 1. The second kappa shape index (κ2) is 7.81. The largest absolute Gasteiger partial charge is 0.385 e. The first-order valence-corrected chi connectivity index (χ1v) is 7.84. The van der Waals surface area contributed by atoms with Gasteiger partial charge in [-0.1, -0.05) is 11.6 Å². The molecule has 21 heavy (non-hydrogen) atoms. The summed E-state index contributed by atoms with van der Waals surface area (Å²) >= 11 is 0. The number of rotatable bonds is 6. The normalized spacial score (nSPS) is 14.7. The Bertz CT molecular complexity index is 509. The Hall–Kier alpha value is -1.84.